The maximum absolute atomic E-state index is 13.4. The minimum absolute atomic E-state index is 0.151. The largest absolute Gasteiger partial charge is 0.321 e. The van der Waals surface area contributed by atoms with Crippen molar-refractivity contribution in [1.82, 2.24) is 0 Å². The van der Waals surface area contributed by atoms with Crippen LogP contribution in [0.15, 0.2) is 93.9 Å². The fourth-order valence-electron chi connectivity index (χ4n) is 3.36. The highest BCUT2D eigenvalue weighted by Gasteiger charge is 2.40. The smallest absolute Gasteiger partial charge is 0.269 e. The highest BCUT2D eigenvalue weighted by Crippen LogP contribution is 2.42. The molecule has 1 N–H and O–H groups in total. The molecular formula is C25H17BrFN3O2S. The fraction of sp³-hybridized carbons (Fsp3) is 0.0800. The molecule has 2 amide bonds. The SMILES string of the molecule is N#CC(C(=O)Nc1ccccc1)=C1SC(Cc2ccc(F)cc2)C(=O)N1c1ccc(Br)cc1. The van der Waals surface area contributed by atoms with Crippen molar-refractivity contribution < 1.29 is 14.0 Å². The van der Waals surface area contributed by atoms with E-state index >= 15 is 0 Å². The van der Waals surface area contributed by atoms with E-state index in [-0.39, 0.29) is 22.3 Å². The van der Waals surface area contributed by atoms with E-state index in [0.717, 1.165) is 21.8 Å². The van der Waals surface area contributed by atoms with Crippen molar-refractivity contribution in [3.63, 3.8) is 0 Å². The van der Waals surface area contributed by atoms with Gasteiger partial charge in [0.15, 0.2) is 0 Å². The molecule has 1 atom stereocenters. The molecule has 0 bridgehead atoms. The Morgan fingerprint density at radius 2 is 1.73 bits per heavy atom. The molecule has 3 aromatic rings. The van der Waals surface area contributed by atoms with Gasteiger partial charge in [-0.15, -0.1) is 0 Å². The zero-order valence-corrected chi connectivity index (χ0v) is 19.6. The monoisotopic (exact) mass is 521 g/mol. The number of anilines is 2. The first-order chi connectivity index (χ1) is 16.0. The summed E-state index contributed by atoms with van der Waals surface area (Å²) in [6.07, 6.45) is 0.333. The van der Waals surface area contributed by atoms with E-state index < -0.39 is 11.2 Å². The molecule has 8 heteroatoms. The number of nitrogens with one attached hydrogen (secondary N) is 1. The molecule has 164 valence electrons. The quantitative estimate of drug-likeness (QED) is 0.347. The number of nitrogens with zero attached hydrogens (tertiary/aromatic N) is 2. The summed E-state index contributed by atoms with van der Waals surface area (Å²) in [4.78, 5) is 27.8. The first-order valence-electron chi connectivity index (χ1n) is 9.97. The number of hydrogen-bond acceptors (Lipinski definition) is 4. The predicted octanol–water partition coefficient (Wildman–Crippen LogP) is 5.65. The van der Waals surface area contributed by atoms with Crippen molar-refractivity contribution in [3.8, 4) is 6.07 Å². The number of benzene rings is 3. The van der Waals surface area contributed by atoms with Crippen LogP contribution in [-0.2, 0) is 16.0 Å². The third-order valence-corrected chi connectivity index (χ3v) is 6.75. The van der Waals surface area contributed by atoms with Gasteiger partial charge < -0.3 is 5.32 Å². The summed E-state index contributed by atoms with van der Waals surface area (Å²) in [7, 11) is 0. The first kappa shape index (κ1) is 22.8. The molecule has 0 spiro atoms. The van der Waals surface area contributed by atoms with Crippen LogP contribution in [0.4, 0.5) is 15.8 Å². The zero-order chi connectivity index (χ0) is 23.4. The first-order valence-corrected chi connectivity index (χ1v) is 11.6. The van der Waals surface area contributed by atoms with Gasteiger partial charge in [0.05, 0.1) is 5.25 Å². The van der Waals surface area contributed by atoms with Crippen LogP contribution in [0.1, 0.15) is 5.56 Å². The molecule has 5 nitrogen and oxygen atoms in total. The Morgan fingerprint density at radius 1 is 1.06 bits per heavy atom. The van der Waals surface area contributed by atoms with E-state index in [4.69, 9.17) is 0 Å². The van der Waals surface area contributed by atoms with Crippen LogP contribution in [0.25, 0.3) is 0 Å². The number of nitriles is 1. The minimum atomic E-state index is -0.594. The number of para-hydroxylation sites is 1. The molecule has 0 aromatic heterocycles. The fourth-order valence-corrected chi connectivity index (χ4v) is 4.93. The van der Waals surface area contributed by atoms with Gasteiger partial charge in [-0.1, -0.05) is 58.0 Å². The van der Waals surface area contributed by atoms with Crippen LogP contribution in [-0.4, -0.2) is 17.1 Å². The Bertz CT molecular complexity index is 1260. The van der Waals surface area contributed by atoms with E-state index in [1.165, 1.54) is 17.0 Å². The van der Waals surface area contributed by atoms with Crippen molar-refractivity contribution in [2.24, 2.45) is 0 Å². The van der Waals surface area contributed by atoms with Crippen LogP contribution in [0, 0.1) is 17.1 Å². The van der Waals surface area contributed by atoms with Crippen LogP contribution in [0.5, 0.6) is 0 Å². The lowest BCUT2D eigenvalue weighted by atomic mass is 10.1. The van der Waals surface area contributed by atoms with Crippen molar-refractivity contribution in [3.05, 3.63) is 105 Å². The average Bonchev–Trinajstić information content (AvgIpc) is 3.12. The Hall–Kier alpha value is -3.41. The maximum atomic E-state index is 13.4. The van der Waals surface area contributed by atoms with E-state index in [2.05, 4.69) is 21.2 Å². The molecule has 0 aliphatic carbocycles. The van der Waals surface area contributed by atoms with Crippen LogP contribution in [0.3, 0.4) is 0 Å². The average molecular weight is 522 g/mol. The molecule has 1 unspecified atom stereocenters. The standard InChI is InChI=1S/C25H17BrFN3O2S/c26-17-8-12-20(13-9-17)30-24(32)22(14-16-6-10-18(27)11-7-16)33-25(30)21(15-28)23(31)29-19-4-2-1-3-5-19/h1-13,22H,14H2,(H,29,31). The summed E-state index contributed by atoms with van der Waals surface area (Å²) in [6.45, 7) is 0. The van der Waals surface area contributed by atoms with Crippen LogP contribution >= 0.6 is 27.7 Å². The predicted molar refractivity (Wildman–Crippen MR) is 131 cm³/mol. The number of amides is 2. The number of rotatable bonds is 5. The second-order valence-electron chi connectivity index (χ2n) is 7.20. The second kappa shape index (κ2) is 10.0. The lowest BCUT2D eigenvalue weighted by Crippen LogP contribution is -2.30. The molecule has 1 fully saturated rings. The van der Waals surface area contributed by atoms with Gasteiger partial charge in [-0.25, -0.2) is 4.39 Å². The molecule has 4 rings (SSSR count). The number of hydrogen-bond donors (Lipinski definition) is 1. The van der Waals surface area contributed by atoms with Gasteiger partial charge in [0.25, 0.3) is 5.91 Å². The van der Waals surface area contributed by atoms with Crippen LogP contribution in [0.2, 0.25) is 0 Å². The zero-order valence-electron chi connectivity index (χ0n) is 17.2. The van der Waals surface area contributed by atoms with E-state index in [1.54, 1.807) is 60.7 Å². The Kier molecular flexibility index (Phi) is 6.92. The number of halogens is 2. The van der Waals surface area contributed by atoms with E-state index in [0.29, 0.717) is 17.8 Å². The molecule has 0 radical (unpaired) electrons. The van der Waals surface area contributed by atoms with Gasteiger partial charge >= 0.3 is 0 Å². The lowest BCUT2D eigenvalue weighted by molar-refractivity contribution is -0.117. The molecular weight excluding hydrogens is 505 g/mol. The van der Waals surface area contributed by atoms with Crippen molar-refractivity contribution in [2.75, 3.05) is 10.2 Å². The summed E-state index contributed by atoms with van der Waals surface area (Å²) < 4.78 is 14.1. The molecule has 1 heterocycles. The molecule has 0 saturated carbocycles. The summed E-state index contributed by atoms with van der Waals surface area (Å²) in [5.74, 6) is -1.20. The Labute approximate surface area is 203 Å². The summed E-state index contributed by atoms with van der Waals surface area (Å²) >= 11 is 4.55. The van der Waals surface area contributed by atoms with E-state index in [9.17, 15) is 19.2 Å². The summed E-state index contributed by atoms with van der Waals surface area (Å²) in [5, 5.41) is 12.3. The number of thioether (sulfide) groups is 1. The normalized spacial score (nSPS) is 16.9. The number of carbonyl (C=O) groups is 2. The van der Waals surface area contributed by atoms with Crippen LogP contribution < -0.4 is 10.2 Å². The van der Waals surface area contributed by atoms with Gasteiger partial charge in [-0.2, -0.15) is 5.26 Å². The minimum Gasteiger partial charge on any atom is -0.321 e. The van der Waals surface area contributed by atoms with Gasteiger partial charge in [0.2, 0.25) is 5.91 Å². The Morgan fingerprint density at radius 3 is 2.36 bits per heavy atom. The van der Waals surface area contributed by atoms with Gasteiger partial charge in [-0.05, 0) is 60.5 Å². The van der Waals surface area contributed by atoms with Crippen molar-refractivity contribution >= 4 is 50.9 Å². The molecule has 33 heavy (non-hydrogen) atoms. The molecule has 1 aliphatic heterocycles. The maximum Gasteiger partial charge on any atom is 0.269 e. The highest BCUT2D eigenvalue weighted by atomic mass is 79.9. The summed E-state index contributed by atoms with van der Waals surface area (Å²) in [5.41, 5.74) is 1.73. The summed E-state index contributed by atoms with van der Waals surface area (Å²) in [6, 6.07) is 23.8. The van der Waals surface area contributed by atoms with Gasteiger partial charge in [0.1, 0.15) is 22.5 Å². The highest BCUT2D eigenvalue weighted by molar-refractivity contribution is 9.10. The second-order valence-corrected chi connectivity index (χ2v) is 9.31. The topological polar surface area (TPSA) is 73.2 Å². The third-order valence-electron chi connectivity index (χ3n) is 4.96. The van der Waals surface area contributed by atoms with Gasteiger partial charge in [0, 0.05) is 15.8 Å². The van der Waals surface area contributed by atoms with Crippen molar-refractivity contribution in [1.29, 1.82) is 5.26 Å². The Balaban J connectivity index is 1.72. The van der Waals surface area contributed by atoms with E-state index in [1.807, 2.05) is 12.1 Å². The molecule has 1 saturated heterocycles. The molecule has 1 aliphatic rings. The van der Waals surface area contributed by atoms with Crippen molar-refractivity contribution in [2.45, 2.75) is 11.7 Å². The molecule has 3 aromatic carbocycles. The number of carbonyl (C=O) groups excluding carboxylic acids is 2. The van der Waals surface area contributed by atoms with Gasteiger partial charge in [-0.3, -0.25) is 14.5 Å². The third kappa shape index (κ3) is 5.16. The lowest BCUT2D eigenvalue weighted by Gasteiger charge is -2.19.